The molecule has 120 valence electrons. The van der Waals surface area contributed by atoms with Crippen molar-refractivity contribution in [3.8, 4) is 0 Å². The van der Waals surface area contributed by atoms with Crippen LogP contribution in [0.3, 0.4) is 0 Å². The Morgan fingerprint density at radius 3 is 2.00 bits per heavy atom. The second-order valence-corrected chi connectivity index (χ2v) is 4.76. The Morgan fingerprint density at radius 2 is 1.60 bits per heavy atom. The van der Waals surface area contributed by atoms with E-state index in [1.165, 1.54) is 0 Å². The van der Waals surface area contributed by atoms with Crippen molar-refractivity contribution in [2.24, 2.45) is 0 Å². The number of rotatable bonds is 3. The molecule has 20 heavy (non-hydrogen) atoms. The predicted octanol–water partition coefficient (Wildman–Crippen LogP) is 3.95. The minimum Gasteiger partial charge on any atom is -0.372 e. The average Bonchev–Trinajstić information content (AvgIpc) is 2.51. The molecule has 0 aromatic carbocycles. The van der Waals surface area contributed by atoms with Crippen LogP contribution in [0.2, 0.25) is 0 Å². The Bertz CT molecular complexity index is 297. The maximum atomic E-state index is 11.6. The smallest absolute Gasteiger partial charge is 0.160 e. The summed E-state index contributed by atoms with van der Waals surface area (Å²) in [5, 5.41) is 0. The van der Waals surface area contributed by atoms with Gasteiger partial charge in [0.2, 0.25) is 0 Å². The van der Waals surface area contributed by atoms with Crippen molar-refractivity contribution in [3.05, 3.63) is 11.3 Å². The van der Waals surface area contributed by atoms with E-state index in [0.717, 1.165) is 30.9 Å². The molecule has 0 saturated carbocycles. The molecule has 0 radical (unpaired) electrons. The van der Waals surface area contributed by atoms with E-state index in [2.05, 4.69) is 30.7 Å². The zero-order chi connectivity index (χ0) is 16.3. The molecule has 3 nitrogen and oxygen atoms in total. The molecular weight excluding hydrogens is 248 g/mol. The van der Waals surface area contributed by atoms with E-state index in [9.17, 15) is 4.79 Å². The van der Waals surface area contributed by atoms with Gasteiger partial charge in [0.05, 0.1) is 0 Å². The first-order valence-electron chi connectivity index (χ1n) is 8.13. The monoisotopic (exact) mass is 284 g/mol. The number of nitrogens with zero attached hydrogens (tertiary/aromatic N) is 2. The van der Waals surface area contributed by atoms with Gasteiger partial charge in [0, 0.05) is 43.4 Å². The van der Waals surface area contributed by atoms with E-state index in [-0.39, 0.29) is 5.78 Å². The van der Waals surface area contributed by atoms with Gasteiger partial charge in [-0.1, -0.05) is 34.6 Å². The number of ketones is 1. The van der Waals surface area contributed by atoms with E-state index in [0.29, 0.717) is 12.5 Å². The highest BCUT2D eigenvalue weighted by Crippen LogP contribution is 2.16. The van der Waals surface area contributed by atoms with Crippen LogP contribution in [0.4, 0.5) is 0 Å². The average molecular weight is 284 g/mol. The molecule has 3 heteroatoms. The topological polar surface area (TPSA) is 23.6 Å². The summed E-state index contributed by atoms with van der Waals surface area (Å²) in [5.41, 5.74) is 2.09. The number of hydrogen-bond donors (Lipinski definition) is 0. The molecule has 1 aliphatic heterocycles. The normalized spacial score (nSPS) is 20.1. The van der Waals surface area contributed by atoms with Gasteiger partial charge < -0.3 is 9.80 Å². The lowest BCUT2D eigenvalue weighted by Gasteiger charge is -2.39. The molecule has 1 aliphatic rings. The molecule has 1 fully saturated rings. The lowest BCUT2D eigenvalue weighted by Crippen LogP contribution is -2.49. The third-order valence-electron chi connectivity index (χ3n) is 3.72. The summed E-state index contributed by atoms with van der Waals surface area (Å²) in [6, 6.07) is 0.563. The highest BCUT2D eigenvalue weighted by molar-refractivity contribution is 5.95. The van der Waals surface area contributed by atoms with Gasteiger partial charge in [0.15, 0.2) is 5.78 Å². The SMILES string of the molecule is CC.CC.CCC(=O)/C(C)=C(\C)N1CCN(C)C(C)C1. The van der Waals surface area contributed by atoms with Gasteiger partial charge in [-0.25, -0.2) is 0 Å². The van der Waals surface area contributed by atoms with E-state index in [4.69, 9.17) is 0 Å². The van der Waals surface area contributed by atoms with Gasteiger partial charge >= 0.3 is 0 Å². The van der Waals surface area contributed by atoms with Gasteiger partial charge in [0.1, 0.15) is 0 Å². The molecule has 0 amide bonds. The molecule has 0 aliphatic carbocycles. The maximum Gasteiger partial charge on any atom is 0.160 e. The Morgan fingerprint density at radius 1 is 1.10 bits per heavy atom. The molecule has 0 spiro atoms. The quantitative estimate of drug-likeness (QED) is 0.733. The second kappa shape index (κ2) is 12.0. The molecule has 0 aromatic heterocycles. The fourth-order valence-electron chi connectivity index (χ4n) is 2.06. The van der Waals surface area contributed by atoms with Gasteiger partial charge in [-0.15, -0.1) is 0 Å². The number of Topliss-reactive ketones (excluding diaryl/α,β-unsaturated/α-hetero) is 1. The van der Waals surface area contributed by atoms with E-state index in [1.54, 1.807) is 0 Å². The van der Waals surface area contributed by atoms with Crippen molar-refractivity contribution in [2.75, 3.05) is 26.7 Å². The first kappa shape index (κ1) is 21.5. The molecule has 0 N–H and O–H groups in total. The second-order valence-electron chi connectivity index (χ2n) is 4.76. The summed E-state index contributed by atoms with van der Waals surface area (Å²) in [5.74, 6) is 0.268. The summed E-state index contributed by atoms with van der Waals surface area (Å²) in [7, 11) is 2.16. The molecular formula is C17H36N2O. The van der Waals surface area contributed by atoms with Crippen molar-refractivity contribution in [1.82, 2.24) is 9.80 Å². The fourth-order valence-corrected chi connectivity index (χ4v) is 2.06. The molecule has 1 unspecified atom stereocenters. The van der Waals surface area contributed by atoms with E-state index < -0.39 is 0 Å². The third kappa shape index (κ3) is 6.56. The highest BCUT2D eigenvalue weighted by atomic mass is 16.1. The molecule has 0 aromatic rings. The Kier molecular flexibility index (Phi) is 12.8. The van der Waals surface area contributed by atoms with Crippen molar-refractivity contribution in [1.29, 1.82) is 0 Å². The van der Waals surface area contributed by atoms with Crippen LogP contribution in [-0.4, -0.2) is 48.3 Å². The fraction of sp³-hybridized carbons (Fsp3) is 0.824. The van der Waals surface area contributed by atoms with Crippen LogP contribution in [0.25, 0.3) is 0 Å². The van der Waals surface area contributed by atoms with Crippen molar-refractivity contribution < 1.29 is 4.79 Å². The van der Waals surface area contributed by atoms with Crippen molar-refractivity contribution in [3.63, 3.8) is 0 Å². The Labute approximate surface area is 127 Å². The number of carbonyl (C=O) groups is 1. The van der Waals surface area contributed by atoms with Gasteiger partial charge in [-0.2, -0.15) is 0 Å². The largest absolute Gasteiger partial charge is 0.372 e. The van der Waals surface area contributed by atoms with E-state index in [1.807, 2.05) is 41.5 Å². The summed E-state index contributed by atoms with van der Waals surface area (Å²) < 4.78 is 0. The van der Waals surface area contributed by atoms with Crippen molar-refractivity contribution in [2.45, 2.75) is 67.9 Å². The minimum absolute atomic E-state index is 0.268. The van der Waals surface area contributed by atoms with E-state index >= 15 is 0 Å². The molecule has 1 rings (SSSR count). The lowest BCUT2D eigenvalue weighted by molar-refractivity contribution is -0.115. The molecule has 1 heterocycles. The van der Waals surface area contributed by atoms with Crippen LogP contribution < -0.4 is 0 Å². The first-order chi connectivity index (χ1) is 9.47. The third-order valence-corrected chi connectivity index (χ3v) is 3.72. The number of allylic oxidation sites excluding steroid dienone is 2. The van der Waals surface area contributed by atoms with Crippen LogP contribution in [-0.2, 0) is 4.79 Å². The zero-order valence-electron chi connectivity index (χ0n) is 15.2. The first-order valence-corrected chi connectivity index (χ1v) is 8.13. The van der Waals surface area contributed by atoms with Crippen LogP contribution in [0, 0.1) is 0 Å². The number of piperazine rings is 1. The molecule has 0 bridgehead atoms. The summed E-state index contributed by atoms with van der Waals surface area (Å²) in [6.07, 6.45) is 0.604. The van der Waals surface area contributed by atoms with Gasteiger partial charge in [-0.3, -0.25) is 4.79 Å². The summed E-state index contributed by atoms with van der Waals surface area (Å²) in [6.45, 7) is 19.3. The molecule has 1 atom stereocenters. The number of carbonyl (C=O) groups excluding carboxylic acids is 1. The zero-order valence-corrected chi connectivity index (χ0v) is 15.2. The van der Waals surface area contributed by atoms with Crippen molar-refractivity contribution >= 4 is 5.78 Å². The predicted molar refractivity (Wildman–Crippen MR) is 90.0 cm³/mol. The highest BCUT2D eigenvalue weighted by Gasteiger charge is 2.22. The Hall–Kier alpha value is -0.830. The van der Waals surface area contributed by atoms with Crippen LogP contribution in [0.15, 0.2) is 11.3 Å². The summed E-state index contributed by atoms with van der Waals surface area (Å²) in [4.78, 5) is 16.3. The van der Waals surface area contributed by atoms with Crippen LogP contribution >= 0.6 is 0 Å². The minimum atomic E-state index is 0.268. The number of hydrogen-bond acceptors (Lipinski definition) is 3. The van der Waals surface area contributed by atoms with Crippen LogP contribution in [0.1, 0.15) is 61.8 Å². The van der Waals surface area contributed by atoms with Gasteiger partial charge in [0.25, 0.3) is 0 Å². The number of likely N-dealkylation sites (N-methyl/N-ethyl adjacent to an activating group) is 1. The van der Waals surface area contributed by atoms with Crippen LogP contribution in [0.5, 0.6) is 0 Å². The Balaban J connectivity index is 0. The maximum absolute atomic E-state index is 11.6. The summed E-state index contributed by atoms with van der Waals surface area (Å²) >= 11 is 0. The molecule has 1 saturated heterocycles. The standard InChI is InChI=1S/C13H24N2O.2C2H6/c1-6-13(16)11(3)12(4)15-8-7-14(5)10(2)9-15;2*1-2/h10H,6-9H2,1-5H3;2*1-2H3/b12-11+;;. The van der Waals surface area contributed by atoms with Gasteiger partial charge in [-0.05, 0) is 27.8 Å². The lowest BCUT2D eigenvalue weighted by atomic mass is 10.1.